The van der Waals surface area contributed by atoms with Crippen molar-refractivity contribution < 1.29 is 40.4 Å². The minimum Gasteiger partial charge on any atom is -0.398 e. The summed E-state index contributed by atoms with van der Waals surface area (Å²) < 4.78 is 95.0. The van der Waals surface area contributed by atoms with E-state index in [-0.39, 0.29) is 11.1 Å². The summed E-state index contributed by atoms with van der Waals surface area (Å²) in [5.74, 6) is -1.93. The lowest BCUT2D eigenvalue weighted by molar-refractivity contribution is -0.173. The van der Waals surface area contributed by atoms with Crippen molar-refractivity contribution in [3.05, 3.63) is 41.1 Å². The fourth-order valence-corrected chi connectivity index (χ4v) is 2.57. The van der Waals surface area contributed by atoms with Crippen LogP contribution in [0.25, 0.3) is 5.57 Å². The Morgan fingerprint density at radius 2 is 1.64 bits per heavy atom. The van der Waals surface area contributed by atoms with Gasteiger partial charge in [0.1, 0.15) is 24.0 Å². The Bertz CT molecular complexity index is 729. The lowest BCUT2D eigenvalue weighted by Gasteiger charge is -2.32. The monoisotopic (exact) mass is 410 g/mol. The number of halogens is 6. The largest absolute Gasteiger partial charge is 0.525 e. The number of alkyl halides is 3. The molecule has 0 saturated carbocycles. The van der Waals surface area contributed by atoms with Gasteiger partial charge in [0, 0.05) is 11.6 Å². The Morgan fingerprint density at radius 1 is 1.07 bits per heavy atom. The van der Waals surface area contributed by atoms with Crippen molar-refractivity contribution in [1.82, 2.24) is 0 Å². The highest BCUT2D eigenvalue weighted by Gasteiger charge is 2.53. The summed E-state index contributed by atoms with van der Waals surface area (Å²) in [6, 6.07) is 2.49. The van der Waals surface area contributed by atoms with E-state index in [0.29, 0.717) is 6.07 Å². The molecule has 0 N–H and O–H groups in total. The van der Waals surface area contributed by atoms with Crippen LogP contribution < -0.4 is 0 Å². The molecular weight excluding hydrogens is 389 g/mol. The number of rotatable bonds is 6. The first-order chi connectivity index (χ1) is 12.7. The second kappa shape index (κ2) is 8.08. The van der Waals surface area contributed by atoms with Crippen LogP contribution in [0.2, 0.25) is 0 Å². The first-order valence-corrected chi connectivity index (χ1v) is 8.57. The van der Waals surface area contributed by atoms with Crippen molar-refractivity contribution >= 4 is 12.7 Å². The summed E-state index contributed by atoms with van der Waals surface area (Å²) in [6.07, 6.45) is -4.94. The van der Waals surface area contributed by atoms with Gasteiger partial charge in [-0.3, -0.25) is 0 Å². The summed E-state index contributed by atoms with van der Waals surface area (Å²) in [5.41, 5.74) is -3.37. The standard InChI is InChI=1S/C18H21BF6O3/c1-16(2)17(3,4)28-19(27-16)15(22)13(7-8-26-10-18(23,24)25)12-6-5-11(20)9-14(12)21/h5-6,9H,7-8,10H2,1-4H3. The van der Waals surface area contributed by atoms with E-state index in [1.807, 2.05) is 0 Å². The van der Waals surface area contributed by atoms with Crippen LogP contribution in [-0.2, 0) is 14.0 Å². The molecule has 1 aliphatic heterocycles. The molecule has 1 aliphatic rings. The van der Waals surface area contributed by atoms with Crippen LogP contribution >= 0.6 is 0 Å². The van der Waals surface area contributed by atoms with E-state index in [1.165, 1.54) is 0 Å². The molecule has 1 fully saturated rings. The highest BCUT2D eigenvalue weighted by molar-refractivity contribution is 6.55. The van der Waals surface area contributed by atoms with Crippen LogP contribution in [0.5, 0.6) is 0 Å². The van der Waals surface area contributed by atoms with E-state index in [0.717, 1.165) is 12.1 Å². The topological polar surface area (TPSA) is 27.7 Å². The van der Waals surface area contributed by atoms with Gasteiger partial charge in [0.2, 0.25) is 0 Å². The van der Waals surface area contributed by atoms with Crippen molar-refractivity contribution in [3.63, 3.8) is 0 Å². The van der Waals surface area contributed by atoms with Gasteiger partial charge in [-0.1, -0.05) is 0 Å². The van der Waals surface area contributed by atoms with Gasteiger partial charge in [-0.25, -0.2) is 13.2 Å². The molecule has 0 amide bonds. The van der Waals surface area contributed by atoms with Crippen molar-refractivity contribution in [3.8, 4) is 0 Å². The highest BCUT2D eigenvalue weighted by Crippen LogP contribution is 2.41. The smallest absolute Gasteiger partial charge is 0.398 e. The maximum Gasteiger partial charge on any atom is 0.525 e. The highest BCUT2D eigenvalue weighted by atomic mass is 19.4. The van der Waals surface area contributed by atoms with Crippen LogP contribution in [0, 0.1) is 11.6 Å². The molecule has 0 atom stereocenters. The quantitative estimate of drug-likeness (QED) is 0.365. The van der Waals surface area contributed by atoms with Crippen molar-refractivity contribution in [2.45, 2.75) is 51.5 Å². The third-order valence-electron chi connectivity index (χ3n) is 4.77. The molecule has 1 aromatic carbocycles. The first-order valence-electron chi connectivity index (χ1n) is 8.57. The van der Waals surface area contributed by atoms with Gasteiger partial charge in [0.25, 0.3) is 0 Å². The Balaban J connectivity index is 2.33. The predicted octanol–water partition coefficient (Wildman–Crippen LogP) is 5.25. The fourth-order valence-electron chi connectivity index (χ4n) is 2.57. The number of hydrogen-bond acceptors (Lipinski definition) is 3. The normalized spacial score (nSPS) is 19.7. The maximum absolute atomic E-state index is 15.2. The van der Waals surface area contributed by atoms with E-state index < -0.39 is 61.5 Å². The Hall–Kier alpha value is -1.52. The van der Waals surface area contributed by atoms with Crippen LogP contribution in [-0.4, -0.2) is 37.7 Å². The zero-order chi connectivity index (χ0) is 21.3. The third kappa shape index (κ3) is 5.30. The summed E-state index contributed by atoms with van der Waals surface area (Å²) >= 11 is 0. The van der Waals surface area contributed by atoms with E-state index in [9.17, 15) is 22.0 Å². The van der Waals surface area contributed by atoms with E-state index in [4.69, 9.17) is 9.31 Å². The van der Waals surface area contributed by atoms with Crippen molar-refractivity contribution in [2.24, 2.45) is 0 Å². The molecule has 0 bridgehead atoms. The zero-order valence-electron chi connectivity index (χ0n) is 15.9. The summed E-state index contributed by atoms with van der Waals surface area (Å²) in [6.45, 7) is 4.69. The number of benzene rings is 1. The zero-order valence-corrected chi connectivity index (χ0v) is 15.9. The molecule has 28 heavy (non-hydrogen) atoms. The molecule has 1 saturated heterocycles. The maximum atomic E-state index is 15.2. The minimum absolute atomic E-state index is 0.302. The summed E-state index contributed by atoms with van der Waals surface area (Å²) in [7, 11) is -1.48. The lowest BCUT2D eigenvalue weighted by Crippen LogP contribution is -2.41. The minimum atomic E-state index is -4.55. The molecule has 0 unspecified atom stereocenters. The van der Waals surface area contributed by atoms with Crippen molar-refractivity contribution in [1.29, 1.82) is 0 Å². The van der Waals surface area contributed by atoms with Crippen LogP contribution in [0.1, 0.15) is 39.7 Å². The van der Waals surface area contributed by atoms with E-state index in [2.05, 4.69) is 4.74 Å². The average molecular weight is 410 g/mol. The van der Waals surface area contributed by atoms with Gasteiger partial charge in [0.05, 0.1) is 17.8 Å². The molecule has 3 nitrogen and oxygen atoms in total. The molecule has 0 radical (unpaired) electrons. The average Bonchev–Trinajstić information content (AvgIpc) is 2.75. The second-order valence-corrected chi connectivity index (χ2v) is 7.46. The number of hydrogen-bond donors (Lipinski definition) is 0. The van der Waals surface area contributed by atoms with Crippen LogP contribution in [0.15, 0.2) is 23.9 Å². The molecule has 2 rings (SSSR count). The Kier molecular flexibility index (Phi) is 6.57. The SMILES string of the molecule is CC1(C)OB(C(F)=C(CCOCC(F)(F)F)c2ccc(F)cc2F)OC1(C)C. The van der Waals surface area contributed by atoms with Gasteiger partial charge < -0.3 is 14.0 Å². The van der Waals surface area contributed by atoms with Crippen LogP contribution in [0.3, 0.4) is 0 Å². The van der Waals surface area contributed by atoms with E-state index >= 15 is 4.39 Å². The van der Waals surface area contributed by atoms with Gasteiger partial charge >= 0.3 is 13.3 Å². The van der Waals surface area contributed by atoms with Gasteiger partial charge in [-0.15, -0.1) is 0 Å². The molecule has 156 valence electrons. The second-order valence-electron chi connectivity index (χ2n) is 7.46. The Labute approximate surface area is 159 Å². The van der Waals surface area contributed by atoms with Crippen molar-refractivity contribution in [2.75, 3.05) is 13.2 Å². The van der Waals surface area contributed by atoms with Gasteiger partial charge in [0.15, 0.2) is 0 Å². The molecule has 0 aromatic heterocycles. The molecule has 1 aromatic rings. The first kappa shape index (κ1) is 22.8. The van der Waals surface area contributed by atoms with Gasteiger partial charge in [-0.2, -0.15) is 13.2 Å². The fraction of sp³-hybridized carbons (Fsp3) is 0.556. The van der Waals surface area contributed by atoms with Gasteiger partial charge in [-0.05, 0) is 51.8 Å². The number of ether oxygens (including phenoxy) is 1. The Morgan fingerprint density at radius 3 is 2.14 bits per heavy atom. The molecule has 0 spiro atoms. The summed E-state index contributed by atoms with van der Waals surface area (Å²) in [5, 5.41) is 0. The van der Waals surface area contributed by atoms with E-state index in [1.54, 1.807) is 27.7 Å². The predicted molar refractivity (Wildman–Crippen MR) is 92.0 cm³/mol. The lowest BCUT2D eigenvalue weighted by atomic mass is 9.81. The molecule has 1 heterocycles. The van der Waals surface area contributed by atoms with Crippen LogP contribution in [0.4, 0.5) is 26.3 Å². The third-order valence-corrected chi connectivity index (χ3v) is 4.77. The summed E-state index contributed by atoms with van der Waals surface area (Å²) in [4.78, 5) is 0. The molecular formula is C18H21BF6O3. The molecule has 0 aliphatic carbocycles. The molecule has 10 heteroatoms.